The van der Waals surface area contributed by atoms with Gasteiger partial charge in [-0.15, -0.1) is 11.3 Å². The molecule has 3 aromatic rings. The minimum Gasteiger partial charge on any atom is -0.480 e. The van der Waals surface area contributed by atoms with Crippen molar-refractivity contribution >= 4 is 33.4 Å². The average molecular weight is 383 g/mol. The number of carbonyl (C=O) groups is 2. The van der Waals surface area contributed by atoms with Crippen molar-refractivity contribution in [2.75, 3.05) is 0 Å². The first kappa shape index (κ1) is 17.4. The number of amides is 1. The minimum atomic E-state index is -1.04. The molecule has 0 saturated carbocycles. The van der Waals surface area contributed by atoms with E-state index in [1.807, 2.05) is 24.3 Å². The van der Waals surface area contributed by atoms with E-state index in [0.717, 1.165) is 22.5 Å². The molecular weight excluding hydrogens is 366 g/mol. The van der Waals surface area contributed by atoms with Crippen LogP contribution < -0.4 is 5.56 Å². The molecule has 1 aliphatic heterocycles. The summed E-state index contributed by atoms with van der Waals surface area (Å²) in [6.45, 7) is 1.94. The number of hydrogen-bond donors (Lipinski definition) is 1. The van der Waals surface area contributed by atoms with Crippen molar-refractivity contribution < 1.29 is 14.7 Å². The summed E-state index contributed by atoms with van der Waals surface area (Å²) in [7, 11) is 1.61. The molecule has 0 unspecified atom stereocenters. The highest BCUT2D eigenvalue weighted by atomic mass is 32.1. The highest BCUT2D eigenvalue weighted by Gasteiger charge is 2.36. The monoisotopic (exact) mass is 383 g/mol. The Bertz CT molecular complexity index is 1150. The molecule has 0 radical (unpaired) electrons. The number of carboxylic acid groups (broad SMARTS) is 1. The maximum Gasteiger partial charge on any atom is 0.326 e. The number of aliphatic carboxylic acids is 1. The quantitative estimate of drug-likeness (QED) is 0.730. The molecule has 0 spiro atoms. The largest absolute Gasteiger partial charge is 0.480 e. The highest BCUT2D eigenvalue weighted by molar-refractivity contribution is 7.20. The molecule has 1 amide bonds. The molecular formula is C19H17N3O4S. The van der Waals surface area contributed by atoms with E-state index in [1.54, 1.807) is 14.0 Å². The summed E-state index contributed by atoms with van der Waals surface area (Å²) in [4.78, 5) is 43.9. The Hall–Kier alpha value is -3.00. The van der Waals surface area contributed by atoms with Gasteiger partial charge in [-0.1, -0.05) is 24.3 Å². The van der Waals surface area contributed by atoms with E-state index in [-0.39, 0.29) is 24.4 Å². The van der Waals surface area contributed by atoms with E-state index in [1.165, 1.54) is 15.8 Å². The Labute approximate surface area is 158 Å². The van der Waals surface area contributed by atoms with Crippen molar-refractivity contribution in [2.24, 2.45) is 7.05 Å². The highest BCUT2D eigenvalue weighted by Crippen LogP contribution is 2.31. The first-order valence-corrected chi connectivity index (χ1v) is 9.25. The number of carboxylic acids is 1. The summed E-state index contributed by atoms with van der Waals surface area (Å²) in [6, 6.07) is 6.61. The third-order valence-corrected chi connectivity index (χ3v) is 6.19. The molecule has 2 aromatic heterocycles. The molecule has 1 aromatic carbocycles. The molecule has 27 heavy (non-hydrogen) atoms. The lowest BCUT2D eigenvalue weighted by molar-refractivity contribution is -0.142. The minimum absolute atomic E-state index is 0.216. The van der Waals surface area contributed by atoms with Crippen LogP contribution in [0.2, 0.25) is 0 Å². The maximum atomic E-state index is 13.2. The zero-order valence-corrected chi connectivity index (χ0v) is 15.6. The van der Waals surface area contributed by atoms with E-state index in [2.05, 4.69) is 4.98 Å². The molecule has 0 fully saturated rings. The molecule has 1 aliphatic rings. The number of benzene rings is 1. The summed E-state index contributed by atoms with van der Waals surface area (Å²) < 4.78 is 1.37. The lowest BCUT2D eigenvalue weighted by atomic mass is 9.93. The van der Waals surface area contributed by atoms with Gasteiger partial charge < -0.3 is 14.6 Å². The van der Waals surface area contributed by atoms with Crippen molar-refractivity contribution in [3.63, 3.8) is 0 Å². The first-order chi connectivity index (χ1) is 12.9. The lowest BCUT2D eigenvalue weighted by Crippen LogP contribution is -2.48. The molecule has 8 heteroatoms. The predicted molar refractivity (Wildman–Crippen MR) is 101 cm³/mol. The van der Waals surface area contributed by atoms with Gasteiger partial charge in [0.15, 0.2) is 0 Å². The van der Waals surface area contributed by atoms with Crippen LogP contribution in [0.1, 0.15) is 26.4 Å². The summed E-state index contributed by atoms with van der Waals surface area (Å²) in [5.41, 5.74) is 2.22. The van der Waals surface area contributed by atoms with Gasteiger partial charge in [0.2, 0.25) is 0 Å². The molecule has 1 atom stereocenters. The smallest absolute Gasteiger partial charge is 0.326 e. The molecule has 0 saturated heterocycles. The van der Waals surface area contributed by atoms with Crippen LogP contribution in [0.5, 0.6) is 0 Å². The second-order valence-corrected chi connectivity index (χ2v) is 7.66. The summed E-state index contributed by atoms with van der Waals surface area (Å²) in [5.74, 6) is -1.41. The fourth-order valence-corrected chi connectivity index (χ4v) is 4.60. The number of hydrogen-bond acceptors (Lipinski definition) is 5. The van der Waals surface area contributed by atoms with E-state index in [0.29, 0.717) is 20.7 Å². The first-order valence-electron chi connectivity index (χ1n) is 8.43. The molecule has 0 bridgehead atoms. The van der Waals surface area contributed by atoms with Crippen molar-refractivity contribution in [3.05, 3.63) is 62.5 Å². The van der Waals surface area contributed by atoms with Crippen LogP contribution in [0.25, 0.3) is 10.2 Å². The van der Waals surface area contributed by atoms with Gasteiger partial charge in [0.25, 0.3) is 11.5 Å². The molecule has 138 valence electrons. The molecule has 4 rings (SSSR count). The van der Waals surface area contributed by atoms with Crippen LogP contribution in [0, 0.1) is 6.92 Å². The Morgan fingerprint density at radius 1 is 1.26 bits per heavy atom. The van der Waals surface area contributed by atoms with Gasteiger partial charge in [-0.3, -0.25) is 9.59 Å². The molecule has 0 aliphatic carbocycles. The number of aryl methyl sites for hydroxylation is 2. The van der Waals surface area contributed by atoms with Gasteiger partial charge in [0.1, 0.15) is 10.9 Å². The topological polar surface area (TPSA) is 92.5 Å². The van der Waals surface area contributed by atoms with Crippen molar-refractivity contribution in [2.45, 2.75) is 25.9 Å². The normalized spacial score (nSPS) is 16.4. The summed E-state index contributed by atoms with van der Waals surface area (Å²) >= 11 is 1.13. The van der Waals surface area contributed by atoms with Gasteiger partial charge in [0.05, 0.1) is 16.6 Å². The maximum absolute atomic E-state index is 13.2. The fourth-order valence-electron chi connectivity index (χ4n) is 3.50. The third kappa shape index (κ3) is 2.73. The summed E-state index contributed by atoms with van der Waals surface area (Å²) in [6.07, 6.45) is 1.69. The van der Waals surface area contributed by atoms with Crippen molar-refractivity contribution in [1.29, 1.82) is 0 Å². The van der Waals surface area contributed by atoms with E-state index < -0.39 is 12.0 Å². The zero-order chi connectivity index (χ0) is 19.3. The fraction of sp³-hybridized carbons (Fsp3) is 0.263. The van der Waals surface area contributed by atoms with Crippen molar-refractivity contribution in [1.82, 2.24) is 14.5 Å². The average Bonchev–Trinajstić information content (AvgIpc) is 3.00. The van der Waals surface area contributed by atoms with E-state index in [9.17, 15) is 19.5 Å². The van der Waals surface area contributed by atoms with Crippen LogP contribution >= 0.6 is 11.3 Å². The predicted octanol–water partition coefficient (Wildman–Crippen LogP) is 1.96. The number of thiophene rings is 1. The van der Waals surface area contributed by atoms with Crippen LogP contribution in [-0.4, -0.2) is 37.5 Å². The summed E-state index contributed by atoms with van der Waals surface area (Å²) in [5, 5.41) is 10.1. The van der Waals surface area contributed by atoms with Gasteiger partial charge in [-0.25, -0.2) is 9.78 Å². The van der Waals surface area contributed by atoms with Gasteiger partial charge in [-0.05, 0) is 23.6 Å². The van der Waals surface area contributed by atoms with Gasteiger partial charge >= 0.3 is 5.97 Å². The Morgan fingerprint density at radius 2 is 1.96 bits per heavy atom. The van der Waals surface area contributed by atoms with Gasteiger partial charge in [0, 0.05) is 20.0 Å². The van der Waals surface area contributed by atoms with E-state index in [4.69, 9.17) is 0 Å². The van der Waals surface area contributed by atoms with Gasteiger partial charge in [-0.2, -0.15) is 0 Å². The second kappa shape index (κ2) is 6.31. The Kier molecular flexibility index (Phi) is 4.07. The van der Waals surface area contributed by atoms with Crippen LogP contribution in [0.15, 0.2) is 35.4 Å². The number of rotatable bonds is 2. The standard InChI is InChI=1S/C19H17N3O4S/c1-10-14-16(20-9-21(2)17(14)23)27-15(10)18(24)22-8-12-6-4-3-5-11(12)7-13(22)19(25)26/h3-6,9,13H,7-8H2,1-2H3,(H,25,26)/t13-/m0/s1. The number of nitrogens with zero attached hydrogens (tertiary/aromatic N) is 3. The SMILES string of the molecule is Cc1c(C(=O)N2Cc3ccccc3C[C@H]2C(=O)O)sc2ncn(C)c(=O)c12. The number of aromatic nitrogens is 2. The van der Waals surface area contributed by atoms with Crippen LogP contribution in [0.4, 0.5) is 0 Å². The Morgan fingerprint density at radius 3 is 2.67 bits per heavy atom. The lowest BCUT2D eigenvalue weighted by Gasteiger charge is -2.34. The van der Waals surface area contributed by atoms with Crippen LogP contribution in [-0.2, 0) is 24.8 Å². The van der Waals surface area contributed by atoms with Crippen molar-refractivity contribution in [3.8, 4) is 0 Å². The third-order valence-electron chi connectivity index (χ3n) is 5.00. The molecule has 1 N–H and O–H groups in total. The molecule has 7 nitrogen and oxygen atoms in total. The number of carbonyl (C=O) groups excluding carboxylic acids is 1. The van der Waals surface area contributed by atoms with E-state index >= 15 is 0 Å². The Balaban J connectivity index is 1.81. The van der Waals surface area contributed by atoms with Crippen LogP contribution in [0.3, 0.4) is 0 Å². The second-order valence-electron chi connectivity index (χ2n) is 6.66. The molecule has 3 heterocycles. The zero-order valence-electron chi connectivity index (χ0n) is 14.8. The number of fused-ring (bicyclic) bond motifs is 2.